The van der Waals surface area contributed by atoms with Crippen LogP contribution in [0.1, 0.15) is 15.9 Å². The van der Waals surface area contributed by atoms with E-state index in [4.69, 9.17) is 5.11 Å². The lowest BCUT2D eigenvalue weighted by molar-refractivity contribution is -0.129. The predicted octanol–water partition coefficient (Wildman–Crippen LogP) is 1.32. The number of amides is 1. The summed E-state index contributed by atoms with van der Waals surface area (Å²) in [6.45, 7) is 0. The number of rotatable bonds is 4. The Kier molecular flexibility index (Phi) is 4.38. The summed E-state index contributed by atoms with van der Waals surface area (Å²) in [4.78, 5) is 23.1. The van der Waals surface area contributed by atoms with E-state index < -0.39 is 17.6 Å². The molecule has 2 aromatic rings. The lowest BCUT2D eigenvalue weighted by atomic mass is 10.1. The van der Waals surface area contributed by atoms with Crippen molar-refractivity contribution < 1.29 is 24.9 Å². The van der Waals surface area contributed by atoms with Crippen molar-refractivity contribution in [3.05, 3.63) is 59.7 Å². The number of hydrazone groups is 1. The highest BCUT2D eigenvalue weighted by Crippen LogP contribution is 2.24. The van der Waals surface area contributed by atoms with Crippen molar-refractivity contribution in [2.75, 3.05) is 0 Å². The molecule has 112 valence electrons. The highest BCUT2D eigenvalue weighted by molar-refractivity contribution is 6.42. The van der Waals surface area contributed by atoms with E-state index in [1.165, 1.54) is 6.07 Å². The third kappa shape index (κ3) is 3.40. The molecule has 4 N–H and O–H groups in total. The minimum absolute atomic E-state index is 0.0249. The lowest BCUT2D eigenvalue weighted by Crippen LogP contribution is -2.24. The van der Waals surface area contributed by atoms with Gasteiger partial charge in [-0.25, -0.2) is 10.2 Å². The van der Waals surface area contributed by atoms with Crippen molar-refractivity contribution in [1.29, 1.82) is 0 Å². The predicted molar refractivity (Wildman–Crippen MR) is 77.9 cm³/mol. The van der Waals surface area contributed by atoms with Crippen LogP contribution >= 0.6 is 0 Å². The summed E-state index contributed by atoms with van der Waals surface area (Å²) >= 11 is 0. The zero-order chi connectivity index (χ0) is 16.1. The molecule has 0 aliphatic rings. The SMILES string of the molecule is O=C(O)C(=NNC(=O)c1ccc(O)c(O)c1)c1ccccc1. The van der Waals surface area contributed by atoms with Gasteiger partial charge in [0, 0.05) is 11.1 Å². The highest BCUT2D eigenvalue weighted by atomic mass is 16.4. The Morgan fingerprint density at radius 3 is 2.18 bits per heavy atom. The monoisotopic (exact) mass is 300 g/mol. The van der Waals surface area contributed by atoms with Gasteiger partial charge in [0.15, 0.2) is 17.2 Å². The molecule has 0 fully saturated rings. The number of aromatic hydroxyl groups is 2. The fourth-order valence-electron chi connectivity index (χ4n) is 1.67. The van der Waals surface area contributed by atoms with E-state index in [1.54, 1.807) is 30.3 Å². The van der Waals surface area contributed by atoms with Crippen LogP contribution in [0.15, 0.2) is 53.6 Å². The first-order chi connectivity index (χ1) is 10.5. The molecule has 0 aliphatic heterocycles. The largest absolute Gasteiger partial charge is 0.504 e. The molecule has 2 aromatic carbocycles. The number of nitrogens with zero attached hydrogens (tertiary/aromatic N) is 1. The third-order valence-corrected chi connectivity index (χ3v) is 2.76. The number of carbonyl (C=O) groups excluding carboxylic acids is 1. The molecular weight excluding hydrogens is 288 g/mol. The number of hydrogen-bond acceptors (Lipinski definition) is 5. The number of aliphatic carboxylic acids is 1. The van der Waals surface area contributed by atoms with Gasteiger partial charge in [-0.05, 0) is 18.2 Å². The summed E-state index contributed by atoms with van der Waals surface area (Å²) in [5.41, 5.74) is 2.14. The van der Waals surface area contributed by atoms with Gasteiger partial charge in [-0.2, -0.15) is 5.10 Å². The van der Waals surface area contributed by atoms with Gasteiger partial charge in [-0.15, -0.1) is 0 Å². The number of carboxylic acids is 1. The van der Waals surface area contributed by atoms with Crippen molar-refractivity contribution in [2.24, 2.45) is 5.10 Å². The van der Waals surface area contributed by atoms with Crippen LogP contribution in [0.2, 0.25) is 0 Å². The molecule has 7 nitrogen and oxygen atoms in total. The molecule has 0 radical (unpaired) electrons. The average molecular weight is 300 g/mol. The minimum Gasteiger partial charge on any atom is -0.504 e. The second kappa shape index (κ2) is 6.40. The van der Waals surface area contributed by atoms with Gasteiger partial charge in [0.25, 0.3) is 5.91 Å². The molecule has 7 heteroatoms. The van der Waals surface area contributed by atoms with Crippen LogP contribution in [0.25, 0.3) is 0 Å². The first kappa shape index (κ1) is 15.0. The maximum atomic E-state index is 11.9. The van der Waals surface area contributed by atoms with Crippen molar-refractivity contribution in [2.45, 2.75) is 0 Å². The number of phenolic OH excluding ortho intramolecular Hbond substituents is 2. The summed E-state index contributed by atoms with van der Waals surface area (Å²) in [5, 5.41) is 31.2. The number of phenols is 2. The van der Waals surface area contributed by atoms with Crippen molar-refractivity contribution in [1.82, 2.24) is 5.43 Å². The fraction of sp³-hybridized carbons (Fsp3) is 0. The van der Waals surface area contributed by atoms with Gasteiger partial charge in [0.1, 0.15) is 0 Å². The molecule has 0 heterocycles. The Bertz CT molecular complexity index is 741. The summed E-state index contributed by atoms with van der Waals surface area (Å²) in [5.74, 6) is -2.83. The molecule has 0 bridgehead atoms. The van der Waals surface area contributed by atoms with E-state index in [0.29, 0.717) is 5.56 Å². The third-order valence-electron chi connectivity index (χ3n) is 2.76. The molecule has 0 spiro atoms. The van der Waals surface area contributed by atoms with E-state index >= 15 is 0 Å². The molecule has 0 saturated carbocycles. The number of carboxylic acid groups (broad SMARTS) is 1. The maximum Gasteiger partial charge on any atom is 0.356 e. The van der Waals surface area contributed by atoms with Gasteiger partial charge in [0.2, 0.25) is 0 Å². The minimum atomic E-state index is -1.29. The second-order valence-corrected chi connectivity index (χ2v) is 4.28. The van der Waals surface area contributed by atoms with Crippen LogP contribution in [-0.2, 0) is 4.79 Å². The van der Waals surface area contributed by atoms with Gasteiger partial charge in [-0.1, -0.05) is 30.3 Å². The smallest absolute Gasteiger partial charge is 0.356 e. The van der Waals surface area contributed by atoms with Gasteiger partial charge >= 0.3 is 5.97 Å². The number of carbonyl (C=O) groups is 2. The highest BCUT2D eigenvalue weighted by Gasteiger charge is 2.14. The van der Waals surface area contributed by atoms with Gasteiger partial charge in [0.05, 0.1) is 0 Å². The Morgan fingerprint density at radius 1 is 0.909 bits per heavy atom. The molecular formula is C15H12N2O5. The fourth-order valence-corrected chi connectivity index (χ4v) is 1.67. The van der Waals surface area contributed by atoms with Crippen LogP contribution in [0.4, 0.5) is 0 Å². The normalized spacial score (nSPS) is 11.0. The summed E-state index contributed by atoms with van der Waals surface area (Å²) < 4.78 is 0. The molecule has 0 atom stereocenters. The van der Waals surface area contributed by atoms with Crippen molar-refractivity contribution >= 4 is 17.6 Å². The summed E-state index contributed by atoms with van der Waals surface area (Å²) in [7, 11) is 0. The maximum absolute atomic E-state index is 11.9. The molecule has 2 rings (SSSR count). The second-order valence-electron chi connectivity index (χ2n) is 4.28. The Hall–Kier alpha value is -3.35. The standard InChI is InChI=1S/C15H12N2O5/c18-11-7-6-10(8-12(11)19)14(20)17-16-13(15(21)22)9-4-2-1-3-5-9/h1-8,18-19H,(H,17,20)(H,21,22). The zero-order valence-electron chi connectivity index (χ0n) is 11.2. The van der Waals surface area contributed by atoms with Crippen molar-refractivity contribution in [3.63, 3.8) is 0 Å². The van der Waals surface area contributed by atoms with E-state index in [1.807, 2.05) is 0 Å². The van der Waals surface area contributed by atoms with Crippen molar-refractivity contribution in [3.8, 4) is 11.5 Å². The van der Waals surface area contributed by atoms with E-state index in [-0.39, 0.29) is 17.0 Å². The molecule has 0 saturated heterocycles. The van der Waals surface area contributed by atoms with E-state index in [0.717, 1.165) is 12.1 Å². The Balaban J connectivity index is 2.22. The number of nitrogens with one attached hydrogen (secondary N) is 1. The van der Waals surface area contributed by atoms with Crippen LogP contribution in [0.3, 0.4) is 0 Å². The topological polar surface area (TPSA) is 119 Å². The number of hydrogen-bond donors (Lipinski definition) is 4. The van der Waals surface area contributed by atoms with Crippen LogP contribution < -0.4 is 5.43 Å². The van der Waals surface area contributed by atoms with E-state index in [9.17, 15) is 19.8 Å². The van der Waals surface area contributed by atoms with Crippen LogP contribution in [0, 0.1) is 0 Å². The van der Waals surface area contributed by atoms with Gasteiger partial charge < -0.3 is 15.3 Å². The molecule has 0 aliphatic carbocycles. The Labute approximate surface area is 125 Å². The number of benzene rings is 2. The van der Waals surface area contributed by atoms with Crippen LogP contribution in [-0.4, -0.2) is 32.9 Å². The van der Waals surface area contributed by atoms with Crippen LogP contribution in [0.5, 0.6) is 11.5 Å². The molecule has 1 amide bonds. The first-order valence-corrected chi connectivity index (χ1v) is 6.17. The van der Waals surface area contributed by atoms with E-state index in [2.05, 4.69) is 10.5 Å². The average Bonchev–Trinajstić information content (AvgIpc) is 2.50. The quantitative estimate of drug-likeness (QED) is 0.385. The molecule has 22 heavy (non-hydrogen) atoms. The summed E-state index contributed by atoms with van der Waals surface area (Å²) in [6.07, 6.45) is 0. The first-order valence-electron chi connectivity index (χ1n) is 6.17. The Morgan fingerprint density at radius 2 is 1.59 bits per heavy atom. The van der Waals surface area contributed by atoms with Gasteiger partial charge in [-0.3, -0.25) is 4.79 Å². The molecule has 0 aromatic heterocycles. The zero-order valence-corrected chi connectivity index (χ0v) is 11.2. The summed E-state index contributed by atoms with van der Waals surface area (Å²) in [6, 6.07) is 11.6. The molecule has 0 unspecified atom stereocenters. The lowest BCUT2D eigenvalue weighted by Gasteiger charge is -2.04.